The molecule has 1 aliphatic rings. The predicted octanol–water partition coefficient (Wildman–Crippen LogP) is 3.92. The Bertz CT molecular complexity index is 784. The number of alkyl halides is 3. The number of likely N-dealkylation sites (tertiary alicyclic amines) is 1. The standard InChI is InChI=1S/C18H24FN3.C2HF3O2/c1-15-6-11-22(20-15)13-12-21-9-7-16(8-10-21)14-17-4-2-3-5-18(17)19;3-2(4,5)1(6)7/h2-6,11,16H,7-10,12-14H2,1H3;(H,6,7). The minimum Gasteiger partial charge on any atom is -0.475 e. The second-order valence-electron chi connectivity index (χ2n) is 7.10. The molecule has 1 aliphatic heterocycles. The normalized spacial score (nSPS) is 15.6. The number of hydrogen-bond acceptors (Lipinski definition) is 3. The molecule has 0 aliphatic carbocycles. The van der Waals surface area contributed by atoms with Crippen LogP contribution >= 0.6 is 0 Å². The van der Waals surface area contributed by atoms with Crippen molar-refractivity contribution < 1.29 is 27.5 Å². The van der Waals surface area contributed by atoms with Crippen molar-refractivity contribution >= 4 is 5.97 Å². The molecule has 0 radical (unpaired) electrons. The summed E-state index contributed by atoms with van der Waals surface area (Å²) in [6.07, 6.45) is 0.151. The fourth-order valence-electron chi connectivity index (χ4n) is 3.22. The predicted molar refractivity (Wildman–Crippen MR) is 99.9 cm³/mol. The van der Waals surface area contributed by atoms with Crippen molar-refractivity contribution in [3.8, 4) is 0 Å². The Morgan fingerprint density at radius 3 is 2.31 bits per heavy atom. The number of benzene rings is 1. The SMILES string of the molecule is Cc1ccn(CCN2CCC(Cc3ccccc3F)CC2)n1.O=C(O)C(F)(F)F. The average molecular weight is 415 g/mol. The third-order valence-corrected chi connectivity index (χ3v) is 4.84. The lowest BCUT2D eigenvalue weighted by molar-refractivity contribution is -0.192. The van der Waals surface area contributed by atoms with Crippen LogP contribution in [0.15, 0.2) is 36.5 Å². The maximum Gasteiger partial charge on any atom is 0.490 e. The number of hydrogen-bond donors (Lipinski definition) is 1. The first kappa shape index (κ1) is 22.9. The van der Waals surface area contributed by atoms with E-state index in [1.807, 2.05) is 36.0 Å². The van der Waals surface area contributed by atoms with Crippen LogP contribution in [0.2, 0.25) is 0 Å². The molecule has 29 heavy (non-hydrogen) atoms. The molecule has 0 amide bonds. The summed E-state index contributed by atoms with van der Waals surface area (Å²) in [4.78, 5) is 11.4. The summed E-state index contributed by atoms with van der Waals surface area (Å²) < 4.78 is 47.5. The van der Waals surface area contributed by atoms with E-state index in [0.29, 0.717) is 5.92 Å². The molecule has 160 valence electrons. The number of nitrogens with zero attached hydrogens (tertiary/aromatic N) is 3. The molecule has 0 spiro atoms. The molecule has 0 unspecified atom stereocenters. The number of piperidine rings is 1. The summed E-state index contributed by atoms with van der Waals surface area (Å²) in [6, 6.07) is 9.22. The second-order valence-corrected chi connectivity index (χ2v) is 7.10. The summed E-state index contributed by atoms with van der Waals surface area (Å²) in [5.41, 5.74) is 1.94. The molecule has 1 fully saturated rings. The molecule has 2 heterocycles. The molecular weight excluding hydrogens is 390 g/mol. The van der Waals surface area contributed by atoms with Gasteiger partial charge in [-0.05, 0) is 62.9 Å². The van der Waals surface area contributed by atoms with Gasteiger partial charge in [-0.15, -0.1) is 0 Å². The van der Waals surface area contributed by atoms with Gasteiger partial charge >= 0.3 is 12.1 Å². The summed E-state index contributed by atoms with van der Waals surface area (Å²) in [7, 11) is 0. The zero-order chi connectivity index (χ0) is 21.4. The van der Waals surface area contributed by atoms with Gasteiger partial charge in [-0.25, -0.2) is 9.18 Å². The number of aliphatic carboxylic acids is 1. The maximum atomic E-state index is 13.7. The molecule has 0 saturated carbocycles. The molecule has 1 aromatic heterocycles. The number of rotatable bonds is 5. The van der Waals surface area contributed by atoms with E-state index in [-0.39, 0.29) is 5.82 Å². The van der Waals surface area contributed by atoms with E-state index in [1.54, 1.807) is 12.1 Å². The van der Waals surface area contributed by atoms with Gasteiger partial charge in [0.05, 0.1) is 12.2 Å². The number of aromatic nitrogens is 2. The zero-order valence-corrected chi connectivity index (χ0v) is 16.2. The van der Waals surface area contributed by atoms with E-state index in [1.165, 1.54) is 0 Å². The third kappa shape index (κ3) is 7.84. The quantitative estimate of drug-likeness (QED) is 0.752. The van der Waals surface area contributed by atoms with E-state index < -0.39 is 12.1 Å². The van der Waals surface area contributed by atoms with Crippen LogP contribution in [-0.2, 0) is 17.8 Å². The lowest BCUT2D eigenvalue weighted by Crippen LogP contribution is -2.36. The largest absolute Gasteiger partial charge is 0.490 e. The Morgan fingerprint density at radius 1 is 1.17 bits per heavy atom. The minimum atomic E-state index is -5.08. The highest BCUT2D eigenvalue weighted by molar-refractivity contribution is 5.73. The fourth-order valence-corrected chi connectivity index (χ4v) is 3.22. The van der Waals surface area contributed by atoms with Crippen LogP contribution in [-0.4, -0.2) is 51.6 Å². The van der Waals surface area contributed by atoms with Crippen LogP contribution in [0.5, 0.6) is 0 Å². The number of halogens is 4. The van der Waals surface area contributed by atoms with E-state index in [0.717, 1.165) is 56.7 Å². The van der Waals surface area contributed by atoms with Crippen LogP contribution < -0.4 is 0 Å². The highest BCUT2D eigenvalue weighted by atomic mass is 19.4. The van der Waals surface area contributed by atoms with Crippen LogP contribution in [0.3, 0.4) is 0 Å². The van der Waals surface area contributed by atoms with Gasteiger partial charge < -0.3 is 10.0 Å². The third-order valence-electron chi connectivity index (χ3n) is 4.84. The van der Waals surface area contributed by atoms with E-state index in [9.17, 15) is 17.6 Å². The van der Waals surface area contributed by atoms with Crippen molar-refractivity contribution in [2.24, 2.45) is 5.92 Å². The van der Waals surface area contributed by atoms with Crippen molar-refractivity contribution in [1.82, 2.24) is 14.7 Å². The maximum absolute atomic E-state index is 13.7. The van der Waals surface area contributed by atoms with Crippen molar-refractivity contribution in [2.75, 3.05) is 19.6 Å². The smallest absolute Gasteiger partial charge is 0.475 e. The summed E-state index contributed by atoms with van der Waals surface area (Å²) in [6.45, 7) is 6.24. The van der Waals surface area contributed by atoms with Crippen LogP contribution in [0.25, 0.3) is 0 Å². The van der Waals surface area contributed by atoms with Crippen LogP contribution in [0.1, 0.15) is 24.1 Å². The topological polar surface area (TPSA) is 58.4 Å². The molecule has 1 N–H and O–H groups in total. The monoisotopic (exact) mass is 415 g/mol. The molecule has 1 aromatic carbocycles. The number of carbonyl (C=O) groups is 1. The van der Waals surface area contributed by atoms with Crippen LogP contribution in [0.4, 0.5) is 17.6 Å². The number of aryl methyl sites for hydroxylation is 1. The second kappa shape index (κ2) is 10.4. The van der Waals surface area contributed by atoms with Crippen LogP contribution in [0, 0.1) is 18.7 Å². The molecule has 2 aromatic rings. The highest BCUT2D eigenvalue weighted by Gasteiger charge is 2.38. The minimum absolute atomic E-state index is 0.0565. The van der Waals surface area contributed by atoms with Gasteiger partial charge in [0.15, 0.2) is 0 Å². The van der Waals surface area contributed by atoms with Crippen molar-refractivity contribution in [2.45, 2.75) is 38.9 Å². The Labute approximate surface area is 166 Å². The van der Waals surface area contributed by atoms with E-state index >= 15 is 0 Å². The summed E-state index contributed by atoms with van der Waals surface area (Å²) in [5.74, 6) is -2.20. The first-order chi connectivity index (χ1) is 13.6. The molecule has 5 nitrogen and oxygen atoms in total. The van der Waals surface area contributed by atoms with E-state index in [4.69, 9.17) is 9.90 Å². The molecule has 0 bridgehead atoms. The molecule has 3 rings (SSSR count). The van der Waals surface area contributed by atoms with Gasteiger partial charge in [-0.1, -0.05) is 18.2 Å². The van der Waals surface area contributed by atoms with E-state index in [2.05, 4.69) is 10.00 Å². The fraction of sp³-hybridized carbons (Fsp3) is 0.500. The van der Waals surface area contributed by atoms with Crippen molar-refractivity contribution in [3.63, 3.8) is 0 Å². The lowest BCUT2D eigenvalue weighted by Gasteiger charge is -2.32. The Morgan fingerprint density at radius 2 is 1.79 bits per heavy atom. The van der Waals surface area contributed by atoms with Gasteiger partial charge in [0.25, 0.3) is 0 Å². The zero-order valence-electron chi connectivity index (χ0n) is 16.2. The van der Waals surface area contributed by atoms with Crippen molar-refractivity contribution in [3.05, 3.63) is 53.6 Å². The molecule has 0 atom stereocenters. The van der Waals surface area contributed by atoms with Gasteiger partial charge in [-0.3, -0.25) is 4.68 Å². The lowest BCUT2D eigenvalue weighted by atomic mass is 9.90. The van der Waals surface area contributed by atoms with Crippen molar-refractivity contribution in [1.29, 1.82) is 0 Å². The first-order valence-corrected chi connectivity index (χ1v) is 9.41. The average Bonchev–Trinajstić information content (AvgIpc) is 3.08. The van der Waals surface area contributed by atoms with Gasteiger partial charge in [0, 0.05) is 12.7 Å². The number of carboxylic acid groups (broad SMARTS) is 1. The number of carboxylic acids is 1. The Hall–Kier alpha value is -2.42. The van der Waals surface area contributed by atoms with Gasteiger partial charge in [-0.2, -0.15) is 18.3 Å². The highest BCUT2D eigenvalue weighted by Crippen LogP contribution is 2.22. The van der Waals surface area contributed by atoms with Gasteiger partial charge in [0.2, 0.25) is 0 Å². The molecular formula is C20H25F4N3O2. The molecule has 9 heteroatoms. The van der Waals surface area contributed by atoms with Gasteiger partial charge in [0.1, 0.15) is 5.82 Å². The summed E-state index contributed by atoms with van der Waals surface area (Å²) in [5, 5.41) is 11.5. The molecule has 1 saturated heterocycles. The Kier molecular flexibility index (Phi) is 8.19. The summed E-state index contributed by atoms with van der Waals surface area (Å²) >= 11 is 0. The Balaban J connectivity index is 0.000000370. The first-order valence-electron chi connectivity index (χ1n) is 9.41.